The Balaban J connectivity index is 2.79. The second-order valence-electron chi connectivity index (χ2n) is 19.1. The molecular weight excluding hydrogens is 871 g/mol. The second-order valence-corrected chi connectivity index (χ2v) is 19.1. The molecule has 0 aliphatic carbocycles. The number of esters is 1. The molecule has 11 nitrogen and oxygen atoms in total. The molecule has 398 valence electrons. The van der Waals surface area contributed by atoms with Crippen molar-refractivity contribution in [3.05, 3.63) is 72.9 Å². The summed E-state index contributed by atoms with van der Waals surface area (Å²) in [7, 11) is 0. The molecule has 0 bridgehead atoms. The lowest BCUT2D eigenvalue weighted by Gasteiger charge is -2.41. The number of unbranched alkanes of at least 4 members (excludes halogenated alkanes) is 25. The Hall–Kier alpha value is -2.90. The molecule has 1 saturated heterocycles. The van der Waals surface area contributed by atoms with E-state index in [1.807, 2.05) is 54.7 Å². The van der Waals surface area contributed by atoms with Gasteiger partial charge in [0.25, 0.3) is 0 Å². The minimum absolute atomic E-state index is 0.0726. The van der Waals surface area contributed by atoms with Gasteiger partial charge in [-0.15, -0.1) is 0 Å². The van der Waals surface area contributed by atoms with E-state index in [1.54, 1.807) is 6.08 Å². The van der Waals surface area contributed by atoms with Gasteiger partial charge in [-0.3, -0.25) is 9.59 Å². The summed E-state index contributed by atoms with van der Waals surface area (Å²) in [5.74, 6) is -1.24. The summed E-state index contributed by atoms with van der Waals surface area (Å²) in [5.41, 5.74) is 0. The van der Waals surface area contributed by atoms with Crippen molar-refractivity contribution in [2.75, 3.05) is 13.2 Å². The van der Waals surface area contributed by atoms with Crippen LogP contribution in [0.1, 0.15) is 220 Å². The van der Waals surface area contributed by atoms with Gasteiger partial charge in [0.1, 0.15) is 24.4 Å². The van der Waals surface area contributed by atoms with Gasteiger partial charge in [0.15, 0.2) is 12.4 Å². The molecule has 1 fully saturated rings. The Morgan fingerprint density at radius 1 is 0.580 bits per heavy atom. The molecule has 0 aromatic rings. The lowest BCUT2D eigenvalue weighted by atomic mass is 9.99. The van der Waals surface area contributed by atoms with Crippen molar-refractivity contribution in [2.24, 2.45) is 0 Å². The summed E-state index contributed by atoms with van der Waals surface area (Å²) in [6.45, 7) is 5.60. The zero-order valence-corrected chi connectivity index (χ0v) is 43.7. The Bertz CT molecular complexity index is 1390. The number of ether oxygens (including phenoxy) is 3. The van der Waals surface area contributed by atoms with Gasteiger partial charge in [-0.1, -0.05) is 241 Å². The van der Waals surface area contributed by atoms with Crippen molar-refractivity contribution in [3.63, 3.8) is 0 Å². The van der Waals surface area contributed by atoms with Crippen molar-refractivity contribution >= 4 is 11.9 Å². The van der Waals surface area contributed by atoms with Crippen molar-refractivity contribution in [1.82, 2.24) is 5.32 Å². The van der Waals surface area contributed by atoms with Crippen LogP contribution in [0.25, 0.3) is 0 Å². The van der Waals surface area contributed by atoms with E-state index in [1.165, 1.54) is 109 Å². The molecule has 6 N–H and O–H groups in total. The number of nitrogens with one attached hydrogen (secondary N) is 1. The highest BCUT2D eigenvalue weighted by atomic mass is 16.7. The van der Waals surface area contributed by atoms with Crippen molar-refractivity contribution < 1.29 is 49.3 Å². The maximum Gasteiger partial charge on any atom is 0.306 e. The topological polar surface area (TPSA) is 175 Å². The predicted molar refractivity (Wildman–Crippen MR) is 283 cm³/mol. The zero-order valence-electron chi connectivity index (χ0n) is 43.7. The minimum Gasteiger partial charge on any atom is -0.454 e. The van der Waals surface area contributed by atoms with Crippen LogP contribution >= 0.6 is 0 Å². The molecule has 0 radical (unpaired) electrons. The van der Waals surface area contributed by atoms with Crippen molar-refractivity contribution in [2.45, 2.75) is 269 Å². The quantitative estimate of drug-likeness (QED) is 0.0149. The number of aliphatic hydroxyl groups excluding tert-OH is 5. The third-order valence-electron chi connectivity index (χ3n) is 12.8. The first kappa shape index (κ1) is 64.1. The van der Waals surface area contributed by atoms with E-state index in [9.17, 15) is 35.1 Å². The highest BCUT2D eigenvalue weighted by Gasteiger charge is 2.47. The SMILES string of the molecule is CC/C=C/C=C/C=C\C=C/C=C/CCCCCC(=O)OC1C(OCC(NC(=O)C(O)CCCCCCCCCCCCCCC)C(O)/C=C/CCCCCCCCCCCC)OC(CO)C(O)C1O. The van der Waals surface area contributed by atoms with E-state index in [0.717, 1.165) is 64.2 Å². The normalized spacial score (nSPS) is 20.4. The fourth-order valence-electron chi connectivity index (χ4n) is 8.32. The van der Waals surface area contributed by atoms with Gasteiger partial charge in [0.05, 0.1) is 25.4 Å². The molecular formula is C58H101NO10. The van der Waals surface area contributed by atoms with Gasteiger partial charge in [-0.25, -0.2) is 0 Å². The fourth-order valence-corrected chi connectivity index (χ4v) is 8.32. The molecule has 8 atom stereocenters. The van der Waals surface area contributed by atoms with Crippen LogP contribution in [-0.2, 0) is 23.8 Å². The maximum absolute atomic E-state index is 13.3. The number of hydrogen-bond donors (Lipinski definition) is 6. The van der Waals surface area contributed by atoms with E-state index >= 15 is 0 Å². The molecule has 1 heterocycles. The van der Waals surface area contributed by atoms with Crippen LogP contribution < -0.4 is 5.32 Å². The van der Waals surface area contributed by atoms with Crippen LogP contribution in [0.4, 0.5) is 0 Å². The number of allylic oxidation sites excluding steroid dienone is 11. The average molecular weight is 972 g/mol. The second kappa shape index (κ2) is 46.2. The molecule has 0 spiro atoms. The maximum atomic E-state index is 13.3. The van der Waals surface area contributed by atoms with E-state index in [0.29, 0.717) is 12.8 Å². The Labute approximate surface area is 420 Å². The Kier molecular flexibility index (Phi) is 42.9. The number of aliphatic hydroxyl groups is 5. The van der Waals surface area contributed by atoms with Gasteiger partial charge in [-0.05, 0) is 44.9 Å². The summed E-state index contributed by atoms with van der Waals surface area (Å²) in [6, 6.07) is -1.03. The van der Waals surface area contributed by atoms with E-state index in [-0.39, 0.29) is 19.4 Å². The van der Waals surface area contributed by atoms with Gasteiger partial charge in [0, 0.05) is 6.42 Å². The predicted octanol–water partition coefficient (Wildman–Crippen LogP) is 12.1. The van der Waals surface area contributed by atoms with Gasteiger partial charge in [0.2, 0.25) is 5.91 Å². The molecule has 1 aliphatic heterocycles. The summed E-state index contributed by atoms with van der Waals surface area (Å²) < 4.78 is 17.5. The number of hydrogen-bond acceptors (Lipinski definition) is 10. The Morgan fingerprint density at radius 3 is 1.57 bits per heavy atom. The van der Waals surface area contributed by atoms with Crippen LogP contribution in [0.5, 0.6) is 0 Å². The summed E-state index contributed by atoms with van der Waals surface area (Å²) in [4.78, 5) is 26.4. The van der Waals surface area contributed by atoms with Crippen molar-refractivity contribution in [1.29, 1.82) is 0 Å². The Morgan fingerprint density at radius 2 is 1.04 bits per heavy atom. The van der Waals surface area contributed by atoms with Crippen LogP contribution in [0.15, 0.2) is 72.9 Å². The molecule has 0 saturated carbocycles. The van der Waals surface area contributed by atoms with Gasteiger partial charge in [-0.2, -0.15) is 0 Å². The number of amides is 1. The van der Waals surface area contributed by atoms with E-state index in [4.69, 9.17) is 14.2 Å². The first-order valence-corrected chi connectivity index (χ1v) is 27.8. The zero-order chi connectivity index (χ0) is 50.4. The molecule has 8 unspecified atom stereocenters. The smallest absolute Gasteiger partial charge is 0.306 e. The monoisotopic (exact) mass is 972 g/mol. The summed E-state index contributed by atoms with van der Waals surface area (Å²) in [6.07, 6.45) is 46.6. The third-order valence-corrected chi connectivity index (χ3v) is 12.8. The molecule has 1 amide bonds. The third kappa shape index (κ3) is 35.0. The molecule has 1 rings (SSSR count). The van der Waals surface area contributed by atoms with Gasteiger partial charge >= 0.3 is 5.97 Å². The molecule has 1 aliphatic rings. The fraction of sp³-hybridized carbons (Fsp3) is 0.759. The van der Waals surface area contributed by atoms with E-state index < -0.39 is 67.4 Å². The first-order chi connectivity index (χ1) is 33.7. The molecule has 0 aromatic carbocycles. The summed E-state index contributed by atoms with van der Waals surface area (Å²) >= 11 is 0. The molecule has 0 aromatic heterocycles. The van der Waals surface area contributed by atoms with Crippen LogP contribution in [0.2, 0.25) is 0 Å². The van der Waals surface area contributed by atoms with Gasteiger partial charge < -0.3 is 45.1 Å². The standard InChI is InChI=1S/C58H101NO10/c1-4-7-10-13-16-19-22-25-26-28-31-34-37-40-43-46-53(63)69-56-55(65)54(64)52(47-60)68-58(56)67-48-49(50(61)44-41-38-35-32-29-24-21-18-15-12-9-6-3)59-57(66)51(62)45-42-39-36-33-30-27-23-20-17-14-11-8-5-2/h7,10,13,16,19,22,25-26,28,31,41,44,49-52,54-56,58,60-62,64-65H,4-6,8-9,11-12,14-15,17-18,20-21,23-24,27,29-30,32-40,42-43,45-48H2,1-3H3,(H,59,66)/b10-7+,16-13+,22-19-,26-25-,31-28+,44-41+. The molecule has 11 heteroatoms. The van der Waals surface area contributed by atoms with Crippen molar-refractivity contribution in [3.8, 4) is 0 Å². The van der Waals surface area contributed by atoms with Crippen LogP contribution in [0, 0.1) is 0 Å². The summed E-state index contributed by atoms with van der Waals surface area (Å²) in [5, 5.41) is 56.7. The van der Waals surface area contributed by atoms with Crippen LogP contribution in [0.3, 0.4) is 0 Å². The largest absolute Gasteiger partial charge is 0.454 e. The lowest BCUT2D eigenvalue weighted by molar-refractivity contribution is -0.305. The average Bonchev–Trinajstić information content (AvgIpc) is 3.34. The van der Waals surface area contributed by atoms with E-state index in [2.05, 4.69) is 38.2 Å². The highest BCUT2D eigenvalue weighted by Crippen LogP contribution is 2.26. The first-order valence-electron chi connectivity index (χ1n) is 27.8. The lowest BCUT2D eigenvalue weighted by Crippen LogP contribution is -2.61. The molecule has 69 heavy (non-hydrogen) atoms. The number of carbonyl (C=O) groups is 2. The highest BCUT2D eigenvalue weighted by molar-refractivity contribution is 5.80. The number of carbonyl (C=O) groups excluding carboxylic acids is 2. The number of rotatable bonds is 45. The minimum atomic E-state index is -1.63. The van der Waals surface area contributed by atoms with Crippen LogP contribution in [-0.4, -0.2) is 99.6 Å².